The highest BCUT2D eigenvalue weighted by atomic mass is 35.5. The molecule has 4 heteroatoms. The predicted molar refractivity (Wildman–Crippen MR) is 88.5 cm³/mol. The van der Waals surface area contributed by atoms with Gasteiger partial charge in [-0.25, -0.2) is 0 Å². The minimum absolute atomic E-state index is 0.0707. The maximum atomic E-state index is 12.9. The van der Waals surface area contributed by atoms with Crippen molar-refractivity contribution in [1.82, 2.24) is 0 Å². The number of anilines is 1. The third-order valence-corrected chi connectivity index (χ3v) is 4.18. The van der Waals surface area contributed by atoms with Crippen LogP contribution in [0.2, 0.25) is 5.02 Å². The van der Waals surface area contributed by atoms with Crippen molar-refractivity contribution in [2.24, 2.45) is 0 Å². The summed E-state index contributed by atoms with van der Waals surface area (Å²) in [5, 5.41) is 0.583. The molecule has 0 saturated heterocycles. The quantitative estimate of drug-likeness (QED) is 0.810. The van der Waals surface area contributed by atoms with Crippen LogP contribution in [0.15, 0.2) is 48.5 Å². The van der Waals surface area contributed by atoms with E-state index in [4.69, 9.17) is 16.3 Å². The van der Waals surface area contributed by atoms with E-state index in [1.165, 1.54) is 0 Å². The first-order valence-corrected chi connectivity index (χ1v) is 7.65. The Bertz CT molecular complexity index is 712. The van der Waals surface area contributed by atoms with Crippen LogP contribution in [-0.4, -0.2) is 11.5 Å². The summed E-state index contributed by atoms with van der Waals surface area (Å²) in [6.45, 7) is 5.59. The summed E-state index contributed by atoms with van der Waals surface area (Å²) < 4.78 is 5.85. The van der Waals surface area contributed by atoms with E-state index in [1.807, 2.05) is 43.3 Å². The van der Waals surface area contributed by atoms with E-state index in [0.717, 1.165) is 5.56 Å². The summed E-state index contributed by atoms with van der Waals surface area (Å²) >= 11 is 6.12. The lowest BCUT2D eigenvalue weighted by atomic mass is 9.99. The van der Waals surface area contributed by atoms with Gasteiger partial charge in [0.15, 0.2) is 5.60 Å². The number of carbonyl (C=O) groups excluding carboxylic acids is 1. The highest BCUT2D eigenvalue weighted by molar-refractivity contribution is 6.31. The van der Waals surface area contributed by atoms with E-state index in [9.17, 15) is 4.79 Å². The average Bonchev–Trinajstić information content (AvgIpc) is 2.49. The Morgan fingerprint density at radius 3 is 2.50 bits per heavy atom. The van der Waals surface area contributed by atoms with Crippen LogP contribution in [0, 0.1) is 0 Å². The number of carbonyl (C=O) groups is 1. The molecule has 0 fully saturated rings. The van der Waals surface area contributed by atoms with Gasteiger partial charge in [-0.1, -0.05) is 41.9 Å². The smallest absolute Gasteiger partial charge is 0.271 e. The maximum Gasteiger partial charge on any atom is 0.271 e. The van der Waals surface area contributed by atoms with Crippen molar-refractivity contribution < 1.29 is 9.53 Å². The lowest BCUT2D eigenvalue weighted by Gasteiger charge is -2.41. The van der Waals surface area contributed by atoms with Gasteiger partial charge >= 0.3 is 0 Å². The molecule has 0 saturated carbocycles. The molecule has 0 N–H and O–H groups in total. The molecule has 0 bridgehead atoms. The second-order valence-corrected chi connectivity index (χ2v) is 6.42. The van der Waals surface area contributed by atoms with E-state index in [-0.39, 0.29) is 11.9 Å². The average molecular weight is 316 g/mol. The van der Waals surface area contributed by atoms with E-state index in [0.29, 0.717) is 16.5 Å². The molecule has 1 atom stereocenters. The van der Waals surface area contributed by atoms with Crippen molar-refractivity contribution in [2.75, 3.05) is 4.90 Å². The Labute approximate surface area is 135 Å². The minimum Gasteiger partial charge on any atom is -0.476 e. The van der Waals surface area contributed by atoms with Gasteiger partial charge in [-0.3, -0.25) is 9.69 Å². The zero-order valence-corrected chi connectivity index (χ0v) is 13.6. The fourth-order valence-corrected chi connectivity index (χ4v) is 2.91. The van der Waals surface area contributed by atoms with Gasteiger partial charge in [0.25, 0.3) is 5.91 Å². The van der Waals surface area contributed by atoms with Crippen LogP contribution in [0.5, 0.6) is 5.75 Å². The number of halogens is 1. The first kappa shape index (κ1) is 14.9. The van der Waals surface area contributed by atoms with Gasteiger partial charge in [-0.2, -0.15) is 0 Å². The number of benzene rings is 2. The first-order chi connectivity index (χ1) is 10.4. The molecule has 1 aliphatic rings. The number of hydrogen-bond acceptors (Lipinski definition) is 2. The first-order valence-electron chi connectivity index (χ1n) is 7.27. The molecule has 1 amide bonds. The SMILES string of the molecule is CC(c1ccccc1)N1C(=O)C(C)(C)Oc2ccc(Cl)cc21. The van der Waals surface area contributed by atoms with Crippen LogP contribution in [0.1, 0.15) is 32.4 Å². The van der Waals surface area contributed by atoms with Crippen LogP contribution in [-0.2, 0) is 4.79 Å². The number of nitrogens with zero attached hydrogens (tertiary/aromatic N) is 1. The highest BCUT2D eigenvalue weighted by Gasteiger charge is 2.43. The number of ether oxygens (including phenoxy) is 1. The van der Waals surface area contributed by atoms with Gasteiger partial charge in [-0.15, -0.1) is 0 Å². The highest BCUT2D eigenvalue weighted by Crippen LogP contribution is 2.43. The Morgan fingerprint density at radius 2 is 1.82 bits per heavy atom. The molecule has 3 rings (SSSR count). The molecular weight excluding hydrogens is 298 g/mol. The Kier molecular flexibility index (Phi) is 3.61. The zero-order chi connectivity index (χ0) is 15.9. The summed E-state index contributed by atoms with van der Waals surface area (Å²) in [7, 11) is 0. The summed E-state index contributed by atoms with van der Waals surface area (Å²) in [6.07, 6.45) is 0. The normalized spacial score (nSPS) is 17.6. The molecule has 1 aliphatic heterocycles. The van der Waals surface area contributed by atoms with Gasteiger partial charge in [0.05, 0.1) is 11.7 Å². The van der Waals surface area contributed by atoms with E-state index in [1.54, 1.807) is 30.9 Å². The largest absolute Gasteiger partial charge is 0.476 e. The molecule has 22 heavy (non-hydrogen) atoms. The van der Waals surface area contributed by atoms with Gasteiger partial charge in [0.2, 0.25) is 0 Å². The van der Waals surface area contributed by atoms with Gasteiger partial charge in [0, 0.05) is 5.02 Å². The van der Waals surface area contributed by atoms with Crippen molar-refractivity contribution >= 4 is 23.2 Å². The molecule has 0 aliphatic carbocycles. The number of rotatable bonds is 2. The molecule has 2 aromatic carbocycles. The lowest BCUT2D eigenvalue weighted by molar-refractivity contribution is -0.133. The third kappa shape index (κ3) is 2.46. The predicted octanol–water partition coefficient (Wildman–Crippen LogP) is 4.61. The van der Waals surface area contributed by atoms with Crippen LogP contribution < -0.4 is 9.64 Å². The topological polar surface area (TPSA) is 29.5 Å². The summed E-state index contributed by atoms with van der Waals surface area (Å²) in [6, 6.07) is 15.2. The van der Waals surface area contributed by atoms with Gasteiger partial charge < -0.3 is 4.74 Å². The van der Waals surface area contributed by atoms with E-state index in [2.05, 4.69) is 0 Å². The molecule has 0 aromatic heterocycles. The second-order valence-electron chi connectivity index (χ2n) is 5.99. The summed E-state index contributed by atoms with van der Waals surface area (Å²) in [4.78, 5) is 14.7. The Morgan fingerprint density at radius 1 is 1.14 bits per heavy atom. The molecule has 1 unspecified atom stereocenters. The van der Waals surface area contributed by atoms with Crippen molar-refractivity contribution in [3.05, 3.63) is 59.1 Å². The van der Waals surface area contributed by atoms with Crippen LogP contribution in [0.3, 0.4) is 0 Å². The molecular formula is C18H18ClNO2. The fraction of sp³-hybridized carbons (Fsp3) is 0.278. The van der Waals surface area contributed by atoms with Crippen molar-refractivity contribution in [3.8, 4) is 5.75 Å². The minimum atomic E-state index is -0.899. The number of hydrogen-bond donors (Lipinski definition) is 0. The van der Waals surface area contributed by atoms with Crippen LogP contribution in [0.25, 0.3) is 0 Å². The summed E-state index contributed by atoms with van der Waals surface area (Å²) in [5.41, 5.74) is 0.886. The number of fused-ring (bicyclic) bond motifs is 1. The standard InChI is InChI=1S/C18H18ClNO2/c1-12(13-7-5-4-6-8-13)20-15-11-14(19)9-10-16(15)22-18(2,3)17(20)21/h4-12H,1-3H3. The Hall–Kier alpha value is -2.00. The number of amides is 1. The molecule has 3 nitrogen and oxygen atoms in total. The Balaban J connectivity index is 2.12. The summed E-state index contributed by atoms with van der Waals surface area (Å²) in [5.74, 6) is 0.607. The lowest BCUT2D eigenvalue weighted by Crippen LogP contribution is -2.53. The molecule has 1 heterocycles. The van der Waals surface area contributed by atoms with Crippen molar-refractivity contribution in [1.29, 1.82) is 0 Å². The van der Waals surface area contributed by atoms with E-state index < -0.39 is 5.60 Å². The van der Waals surface area contributed by atoms with E-state index >= 15 is 0 Å². The monoisotopic (exact) mass is 315 g/mol. The molecule has 2 aromatic rings. The maximum absolute atomic E-state index is 12.9. The van der Waals surface area contributed by atoms with Crippen molar-refractivity contribution in [3.63, 3.8) is 0 Å². The third-order valence-electron chi connectivity index (χ3n) is 3.95. The van der Waals surface area contributed by atoms with Crippen LogP contribution in [0.4, 0.5) is 5.69 Å². The zero-order valence-electron chi connectivity index (χ0n) is 12.8. The fourth-order valence-electron chi connectivity index (χ4n) is 2.75. The van der Waals surface area contributed by atoms with Gasteiger partial charge in [-0.05, 0) is 44.5 Å². The van der Waals surface area contributed by atoms with Crippen molar-refractivity contribution in [2.45, 2.75) is 32.4 Å². The second kappa shape index (κ2) is 5.33. The molecule has 0 radical (unpaired) electrons. The molecule has 114 valence electrons. The molecule has 0 spiro atoms. The van der Waals surface area contributed by atoms with Crippen LogP contribution >= 0.6 is 11.6 Å². The van der Waals surface area contributed by atoms with Gasteiger partial charge in [0.1, 0.15) is 5.75 Å².